The largest absolute Gasteiger partial charge is 0.264 e. The Morgan fingerprint density at radius 3 is 2.36 bits per heavy atom. The SMILES string of the molecule is CC(C)(CCc1ccccc1)[N+](=O)[O-]. The molecule has 1 aromatic rings. The monoisotopic (exact) mass is 193 g/mol. The molecule has 0 fully saturated rings. The first-order valence-corrected chi connectivity index (χ1v) is 4.71. The van der Waals surface area contributed by atoms with E-state index in [0.29, 0.717) is 6.42 Å². The molecule has 0 aliphatic carbocycles. The first-order chi connectivity index (χ1) is 6.52. The molecule has 1 aromatic carbocycles. The summed E-state index contributed by atoms with van der Waals surface area (Å²) >= 11 is 0. The molecule has 0 heterocycles. The molecule has 0 radical (unpaired) electrons. The molecule has 14 heavy (non-hydrogen) atoms. The second-order valence-corrected chi connectivity index (χ2v) is 4.06. The van der Waals surface area contributed by atoms with Crippen molar-refractivity contribution in [2.75, 3.05) is 0 Å². The molecule has 0 spiro atoms. The predicted octanol–water partition coefficient (Wildman–Crippen LogP) is 2.67. The lowest BCUT2D eigenvalue weighted by Crippen LogP contribution is -2.31. The van der Waals surface area contributed by atoms with Gasteiger partial charge in [-0.1, -0.05) is 30.3 Å². The van der Waals surface area contributed by atoms with E-state index in [1.54, 1.807) is 13.8 Å². The second kappa shape index (κ2) is 4.22. The van der Waals surface area contributed by atoms with Gasteiger partial charge in [0.25, 0.3) is 0 Å². The van der Waals surface area contributed by atoms with E-state index in [9.17, 15) is 10.1 Å². The maximum Gasteiger partial charge on any atom is 0.217 e. The summed E-state index contributed by atoms with van der Waals surface area (Å²) in [5, 5.41) is 10.6. The van der Waals surface area contributed by atoms with Gasteiger partial charge in [0.1, 0.15) is 0 Å². The number of nitro groups is 1. The number of hydrogen-bond acceptors (Lipinski definition) is 2. The zero-order chi connectivity index (χ0) is 10.6. The highest BCUT2D eigenvalue weighted by atomic mass is 16.6. The van der Waals surface area contributed by atoms with Crippen LogP contribution in [0, 0.1) is 10.1 Å². The molecule has 76 valence electrons. The van der Waals surface area contributed by atoms with Crippen LogP contribution < -0.4 is 0 Å². The van der Waals surface area contributed by atoms with Gasteiger partial charge in [0, 0.05) is 25.2 Å². The first-order valence-electron chi connectivity index (χ1n) is 4.71. The van der Waals surface area contributed by atoms with Crippen molar-refractivity contribution in [3.05, 3.63) is 46.0 Å². The van der Waals surface area contributed by atoms with Crippen LogP contribution in [0.1, 0.15) is 25.8 Å². The van der Waals surface area contributed by atoms with Crippen LogP contribution >= 0.6 is 0 Å². The van der Waals surface area contributed by atoms with Gasteiger partial charge in [0.2, 0.25) is 5.54 Å². The fourth-order valence-electron chi connectivity index (χ4n) is 1.19. The molecule has 0 bridgehead atoms. The Hall–Kier alpha value is -1.38. The summed E-state index contributed by atoms with van der Waals surface area (Å²) in [5.74, 6) is 0. The van der Waals surface area contributed by atoms with Crippen LogP contribution in [-0.2, 0) is 6.42 Å². The average Bonchev–Trinajstić information content (AvgIpc) is 2.16. The van der Waals surface area contributed by atoms with E-state index in [1.165, 1.54) is 0 Å². The van der Waals surface area contributed by atoms with Crippen LogP contribution in [0.4, 0.5) is 0 Å². The topological polar surface area (TPSA) is 43.1 Å². The van der Waals surface area contributed by atoms with E-state index in [-0.39, 0.29) is 4.92 Å². The maximum absolute atomic E-state index is 10.6. The van der Waals surface area contributed by atoms with Gasteiger partial charge < -0.3 is 0 Å². The number of aryl methyl sites for hydroxylation is 1. The fraction of sp³-hybridized carbons (Fsp3) is 0.455. The highest BCUT2D eigenvalue weighted by Gasteiger charge is 2.29. The normalized spacial score (nSPS) is 11.3. The van der Waals surface area contributed by atoms with Gasteiger partial charge in [-0.05, 0) is 12.0 Å². The molecule has 0 saturated heterocycles. The van der Waals surface area contributed by atoms with Crippen molar-refractivity contribution < 1.29 is 4.92 Å². The van der Waals surface area contributed by atoms with Gasteiger partial charge >= 0.3 is 0 Å². The van der Waals surface area contributed by atoms with Crippen LogP contribution in [-0.4, -0.2) is 10.5 Å². The molecule has 3 nitrogen and oxygen atoms in total. The third-order valence-corrected chi connectivity index (χ3v) is 2.36. The quantitative estimate of drug-likeness (QED) is 0.545. The number of nitrogens with zero attached hydrogens (tertiary/aromatic N) is 1. The average molecular weight is 193 g/mol. The Balaban J connectivity index is 2.53. The van der Waals surface area contributed by atoms with Gasteiger partial charge in [0.15, 0.2) is 0 Å². The van der Waals surface area contributed by atoms with Crippen molar-refractivity contribution in [1.82, 2.24) is 0 Å². The summed E-state index contributed by atoms with van der Waals surface area (Å²) in [5.41, 5.74) is 0.331. The summed E-state index contributed by atoms with van der Waals surface area (Å²) in [6.07, 6.45) is 1.33. The Kier molecular flexibility index (Phi) is 3.23. The number of benzene rings is 1. The maximum atomic E-state index is 10.6. The summed E-state index contributed by atoms with van der Waals surface area (Å²) in [7, 11) is 0. The zero-order valence-corrected chi connectivity index (χ0v) is 8.56. The highest BCUT2D eigenvalue weighted by molar-refractivity contribution is 5.14. The van der Waals surface area contributed by atoms with Gasteiger partial charge in [0.05, 0.1) is 0 Å². The van der Waals surface area contributed by atoms with Crippen molar-refractivity contribution in [3.63, 3.8) is 0 Å². The Morgan fingerprint density at radius 1 is 1.29 bits per heavy atom. The zero-order valence-electron chi connectivity index (χ0n) is 8.56. The van der Waals surface area contributed by atoms with Crippen LogP contribution in [0.2, 0.25) is 0 Å². The predicted molar refractivity (Wildman–Crippen MR) is 55.8 cm³/mol. The molecule has 0 amide bonds. The van der Waals surface area contributed by atoms with E-state index in [2.05, 4.69) is 0 Å². The highest BCUT2D eigenvalue weighted by Crippen LogP contribution is 2.16. The second-order valence-electron chi connectivity index (χ2n) is 4.06. The minimum atomic E-state index is -0.824. The van der Waals surface area contributed by atoms with Crippen molar-refractivity contribution in [1.29, 1.82) is 0 Å². The van der Waals surface area contributed by atoms with Gasteiger partial charge in [-0.25, -0.2) is 0 Å². The van der Waals surface area contributed by atoms with E-state index < -0.39 is 5.54 Å². The number of hydrogen-bond donors (Lipinski definition) is 0. The smallest absolute Gasteiger partial charge is 0.217 e. The molecule has 0 aromatic heterocycles. The van der Waals surface area contributed by atoms with E-state index >= 15 is 0 Å². The molecule has 0 aliphatic rings. The lowest BCUT2D eigenvalue weighted by atomic mass is 9.96. The molecule has 0 aliphatic heterocycles. The van der Waals surface area contributed by atoms with E-state index in [4.69, 9.17) is 0 Å². The molecular weight excluding hydrogens is 178 g/mol. The van der Waals surface area contributed by atoms with Crippen molar-refractivity contribution in [2.45, 2.75) is 32.2 Å². The molecule has 0 atom stereocenters. The minimum absolute atomic E-state index is 0.212. The minimum Gasteiger partial charge on any atom is -0.264 e. The molecule has 0 N–H and O–H groups in total. The molecule has 0 unspecified atom stereocenters. The van der Waals surface area contributed by atoms with Crippen LogP contribution in [0.3, 0.4) is 0 Å². The van der Waals surface area contributed by atoms with Gasteiger partial charge in [-0.2, -0.15) is 0 Å². The Bertz CT molecular complexity index is 306. The molecular formula is C11H15NO2. The first kappa shape index (κ1) is 10.7. The lowest BCUT2D eigenvalue weighted by molar-refractivity contribution is -0.561. The lowest BCUT2D eigenvalue weighted by Gasteiger charge is -2.14. The van der Waals surface area contributed by atoms with Crippen LogP contribution in [0.15, 0.2) is 30.3 Å². The summed E-state index contributed by atoms with van der Waals surface area (Å²) in [6.45, 7) is 3.33. The standard InChI is InChI=1S/C11H15NO2/c1-11(2,12(13)14)9-8-10-6-4-3-5-7-10/h3-7H,8-9H2,1-2H3. The third kappa shape index (κ3) is 2.83. The summed E-state index contributed by atoms with van der Waals surface area (Å²) in [6, 6.07) is 9.84. The van der Waals surface area contributed by atoms with Crippen molar-refractivity contribution in [2.24, 2.45) is 0 Å². The fourth-order valence-corrected chi connectivity index (χ4v) is 1.19. The van der Waals surface area contributed by atoms with Crippen molar-refractivity contribution in [3.8, 4) is 0 Å². The molecule has 1 rings (SSSR count). The van der Waals surface area contributed by atoms with E-state index in [1.807, 2.05) is 30.3 Å². The van der Waals surface area contributed by atoms with Crippen LogP contribution in [0.5, 0.6) is 0 Å². The van der Waals surface area contributed by atoms with Gasteiger partial charge in [-0.3, -0.25) is 10.1 Å². The van der Waals surface area contributed by atoms with E-state index in [0.717, 1.165) is 12.0 Å². The molecule has 0 saturated carbocycles. The molecule has 3 heteroatoms. The van der Waals surface area contributed by atoms with Crippen LogP contribution in [0.25, 0.3) is 0 Å². The number of rotatable bonds is 4. The Morgan fingerprint density at radius 2 is 1.86 bits per heavy atom. The van der Waals surface area contributed by atoms with Crippen molar-refractivity contribution >= 4 is 0 Å². The summed E-state index contributed by atoms with van der Waals surface area (Å²) < 4.78 is 0. The third-order valence-electron chi connectivity index (χ3n) is 2.36. The van der Waals surface area contributed by atoms with Gasteiger partial charge in [-0.15, -0.1) is 0 Å². The summed E-state index contributed by atoms with van der Waals surface area (Å²) in [4.78, 5) is 10.4. The Labute approximate surface area is 83.9 Å².